The van der Waals surface area contributed by atoms with Crippen molar-refractivity contribution in [2.24, 2.45) is 0 Å². The van der Waals surface area contributed by atoms with E-state index >= 15 is 0 Å². The molecule has 0 bridgehead atoms. The first-order valence-corrected chi connectivity index (χ1v) is 9.67. The number of alkyl halides is 3. The molecule has 3 aromatic rings. The lowest BCUT2D eigenvalue weighted by Crippen LogP contribution is -2.38. The van der Waals surface area contributed by atoms with Crippen LogP contribution in [0.5, 0.6) is 0 Å². The SMILES string of the molecule is CN(c1ncc(Cl)cn1)C1CCc2c(CC(=O)O)c3ccc(C(F)(F)F)cn3c2C1. The van der Waals surface area contributed by atoms with E-state index in [-0.39, 0.29) is 12.5 Å². The second kappa shape index (κ2) is 7.46. The van der Waals surface area contributed by atoms with Crippen LogP contribution in [0, 0.1) is 0 Å². The number of carboxylic acids is 1. The Kier molecular flexibility index (Phi) is 5.09. The first kappa shape index (κ1) is 20.5. The van der Waals surface area contributed by atoms with E-state index in [1.54, 1.807) is 0 Å². The summed E-state index contributed by atoms with van der Waals surface area (Å²) in [6.45, 7) is 0. The van der Waals surface area contributed by atoms with Gasteiger partial charge in [0.05, 0.1) is 29.4 Å². The second-order valence-electron chi connectivity index (χ2n) is 7.35. The van der Waals surface area contributed by atoms with Crippen LogP contribution < -0.4 is 4.90 Å². The smallest absolute Gasteiger partial charge is 0.417 e. The molecule has 1 aliphatic rings. The number of carbonyl (C=O) groups is 1. The minimum Gasteiger partial charge on any atom is -0.481 e. The van der Waals surface area contributed by atoms with Gasteiger partial charge in [-0.1, -0.05) is 11.6 Å². The van der Waals surface area contributed by atoms with Crippen molar-refractivity contribution < 1.29 is 23.1 Å². The fourth-order valence-electron chi connectivity index (χ4n) is 4.09. The van der Waals surface area contributed by atoms with Crippen LogP contribution in [0.25, 0.3) is 5.52 Å². The molecule has 4 rings (SSSR count). The van der Waals surface area contributed by atoms with E-state index in [1.807, 2.05) is 11.9 Å². The standard InChI is InChI=1S/C20H18ClF3N4O2/c1-27(19-25-8-12(21)9-26-19)13-3-4-14-15(7-18(29)30)16-5-2-11(20(22,23)24)10-28(16)17(14)6-13/h2,5,8-10,13H,3-4,6-7H2,1H3,(H,29,30). The number of hydrogen-bond acceptors (Lipinski definition) is 4. The number of pyridine rings is 1. The maximum absolute atomic E-state index is 13.3. The Morgan fingerprint density at radius 1 is 1.33 bits per heavy atom. The van der Waals surface area contributed by atoms with Gasteiger partial charge in [-0.25, -0.2) is 9.97 Å². The molecule has 6 nitrogen and oxygen atoms in total. The van der Waals surface area contributed by atoms with Crippen molar-refractivity contribution in [2.45, 2.75) is 37.9 Å². The van der Waals surface area contributed by atoms with Crippen molar-refractivity contribution >= 4 is 29.0 Å². The molecule has 1 aliphatic carbocycles. The van der Waals surface area contributed by atoms with Crippen LogP contribution in [0.15, 0.2) is 30.7 Å². The largest absolute Gasteiger partial charge is 0.481 e. The summed E-state index contributed by atoms with van der Waals surface area (Å²) < 4.78 is 41.3. The third-order valence-electron chi connectivity index (χ3n) is 5.54. The molecule has 0 spiro atoms. The fraction of sp³-hybridized carbons (Fsp3) is 0.350. The average Bonchev–Trinajstić information content (AvgIpc) is 2.99. The van der Waals surface area contributed by atoms with Gasteiger partial charge in [-0.2, -0.15) is 13.2 Å². The van der Waals surface area contributed by atoms with Gasteiger partial charge in [0.2, 0.25) is 5.95 Å². The predicted octanol–water partition coefficient (Wildman–Crippen LogP) is 4.02. The van der Waals surface area contributed by atoms with E-state index < -0.39 is 17.7 Å². The lowest BCUT2D eigenvalue weighted by Gasteiger charge is -2.31. The zero-order valence-corrected chi connectivity index (χ0v) is 16.7. The van der Waals surface area contributed by atoms with Crippen molar-refractivity contribution in [3.05, 3.63) is 58.1 Å². The van der Waals surface area contributed by atoms with Gasteiger partial charge in [-0.3, -0.25) is 4.79 Å². The van der Waals surface area contributed by atoms with Crippen molar-refractivity contribution in [3.8, 4) is 0 Å². The number of carboxylic acid groups (broad SMARTS) is 1. The van der Waals surface area contributed by atoms with E-state index in [4.69, 9.17) is 11.6 Å². The molecular formula is C20H18ClF3N4O2. The molecule has 3 aromatic heterocycles. The highest BCUT2D eigenvalue weighted by atomic mass is 35.5. The summed E-state index contributed by atoms with van der Waals surface area (Å²) in [6.07, 6.45) is 1.02. The molecule has 0 aromatic carbocycles. The maximum Gasteiger partial charge on any atom is 0.417 e. The molecule has 10 heteroatoms. The van der Waals surface area contributed by atoms with Crippen LogP contribution in [0.4, 0.5) is 19.1 Å². The quantitative estimate of drug-likeness (QED) is 0.666. The number of anilines is 1. The van der Waals surface area contributed by atoms with Gasteiger partial charge in [0.15, 0.2) is 0 Å². The zero-order valence-electron chi connectivity index (χ0n) is 15.9. The Balaban J connectivity index is 1.77. The van der Waals surface area contributed by atoms with Gasteiger partial charge in [-0.05, 0) is 36.1 Å². The number of aliphatic carboxylic acids is 1. The van der Waals surface area contributed by atoms with Crippen LogP contribution in [0.1, 0.15) is 28.8 Å². The Morgan fingerprint density at radius 3 is 2.67 bits per heavy atom. The molecule has 0 radical (unpaired) electrons. The highest BCUT2D eigenvalue weighted by Gasteiger charge is 2.34. The lowest BCUT2D eigenvalue weighted by molar-refractivity contribution is -0.138. The molecule has 0 amide bonds. The number of nitrogens with zero attached hydrogens (tertiary/aromatic N) is 4. The van der Waals surface area contributed by atoms with Crippen LogP contribution in [-0.4, -0.2) is 38.5 Å². The van der Waals surface area contributed by atoms with E-state index in [0.29, 0.717) is 47.0 Å². The van der Waals surface area contributed by atoms with Crippen LogP contribution in [0.2, 0.25) is 5.02 Å². The monoisotopic (exact) mass is 438 g/mol. The minimum absolute atomic E-state index is 0.0519. The van der Waals surface area contributed by atoms with Gasteiger partial charge in [0.25, 0.3) is 0 Å². The van der Waals surface area contributed by atoms with Crippen molar-refractivity contribution in [3.63, 3.8) is 0 Å². The number of fused-ring (bicyclic) bond motifs is 3. The van der Waals surface area contributed by atoms with Crippen LogP contribution >= 0.6 is 11.6 Å². The molecule has 0 saturated heterocycles. The fourth-order valence-corrected chi connectivity index (χ4v) is 4.19. The molecule has 1 N–H and O–H groups in total. The molecular weight excluding hydrogens is 421 g/mol. The third-order valence-corrected chi connectivity index (χ3v) is 5.74. The Labute approximate surface area is 174 Å². The summed E-state index contributed by atoms with van der Waals surface area (Å²) in [4.78, 5) is 21.7. The summed E-state index contributed by atoms with van der Waals surface area (Å²) >= 11 is 5.84. The first-order valence-electron chi connectivity index (χ1n) is 9.29. The lowest BCUT2D eigenvalue weighted by atomic mass is 9.89. The summed E-state index contributed by atoms with van der Waals surface area (Å²) in [6, 6.07) is 2.31. The molecule has 30 heavy (non-hydrogen) atoms. The third kappa shape index (κ3) is 3.69. The number of hydrogen-bond donors (Lipinski definition) is 1. The molecule has 3 heterocycles. The predicted molar refractivity (Wildman–Crippen MR) is 105 cm³/mol. The molecule has 0 fully saturated rings. The Morgan fingerprint density at radius 2 is 2.03 bits per heavy atom. The van der Waals surface area contributed by atoms with E-state index in [1.165, 1.54) is 22.9 Å². The Hall–Kier alpha value is -2.81. The van der Waals surface area contributed by atoms with Gasteiger partial charge >= 0.3 is 12.1 Å². The number of halogens is 4. The minimum atomic E-state index is -4.49. The molecule has 0 saturated carbocycles. The molecule has 1 atom stereocenters. The van der Waals surface area contributed by atoms with Gasteiger partial charge in [0, 0.05) is 36.9 Å². The highest BCUT2D eigenvalue weighted by Crippen LogP contribution is 2.36. The van der Waals surface area contributed by atoms with Gasteiger partial charge < -0.3 is 14.4 Å². The second-order valence-corrected chi connectivity index (χ2v) is 7.79. The van der Waals surface area contributed by atoms with Crippen molar-refractivity contribution in [2.75, 3.05) is 11.9 Å². The number of rotatable bonds is 4. The van der Waals surface area contributed by atoms with E-state index in [9.17, 15) is 23.1 Å². The molecule has 1 unspecified atom stereocenters. The first-order chi connectivity index (χ1) is 14.1. The molecule has 0 aliphatic heterocycles. The Bertz CT molecular complexity index is 1110. The van der Waals surface area contributed by atoms with Crippen LogP contribution in [0.3, 0.4) is 0 Å². The van der Waals surface area contributed by atoms with E-state index in [2.05, 4.69) is 9.97 Å². The summed E-state index contributed by atoms with van der Waals surface area (Å²) in [7, 11) is 1.83. The number of aromatic nitrogens is 3. The average molecular weight is 439 g/mol. The number of likely N-dealkylation sites (N-methyl/N-ethyl adjacent to an activating group) is 1. The topological polar surface area (TPSA) is 70.7 Å². The van der Waals surface area contributed by atoms with E-state index in [0.717, 1.165) is 17.8 Å². The van der Waals surface area contributed by atoms with Crippen LogP contribution in [-0.2, 0) is 30.2 Å². The van der Waals surface area contributed by atoms with Gasteiger partial charge in [0.1, 0.15) is 0 Å². The maximum atomic E-state index is 13.3. The van der Waals surface area contributed by atoms with Crippen molar-refractivity contribution in [1.29, 1.82) is 0 Å². The molecule has 158 valence electrons. The highest BCUT2D eigenvalue weighted by molar-refractivity contribution is 6.30. The van der Waals surface area contributed by atoms with Crippen molar-refractivity contribution in [1.82, 2.24) is 14.4 Å². The normalized spacial score (nSPS) is 16.5. The zero-order chi connectivity index (χ0) is 21.6. The summed E-state index contributed by atoms with van der Waals surface area (Å²) in [5.74, 6) is -0.547. The van der Waals surface area contributed by atoms with Gasteiger partial charge in [-0.15, -0.1) is 0 Å². The summed E-state index contributed by atoms with van der Waals surface area (Å²) in [5.41, 5.74) is 1.82. The summed E-state index contributed by atoms with van der Waals surface area (Å²) in [5, 5.41) is 9.73.